The van der Waals surface area contributed by atoms with Crippen molar-refractivity contribution < 1.29 is 35.6 Å². The topological polar surface area (TPSA) is 127 Å². The lowest BCUT2D eigenvalue weighted by Gasteiger charge is -2.27. The molecule has 0 aliphatic heterocycles. The minimum absolute atomic E-state index is 0.755. The van der Waals surface area contributed by atoms with Crippen molar-refractivity contribution >= 4 is 7.82 Å². The van der Waals surface area contributed by atoms with Crippen LogP contribution in [0.2, 0.25) is 0 Å². The Morgan fingerprint density at radius 3 is 2.54 bits per heavy atom. The van der Waals surface area contributed by atoms with E-state index in [1.54, 1.807) is 0 Å². The first-order chi connectivity index (χ1) is 6.25. The summed E-state index contributed by atoms with van der Waals surface area (Å²) in [7, 11) is -4.76. The third-order valence-corrected chi connectivity index (χ3v) is 1.74. The largest absolute Gasteiger partial charge is 0.469 e. The molecule has 0 unspecified atom stereocenters. The van der Waals surface area contributed by atoms with E-state index < -0.39 is 39.6 Å². The van der Waals surface area contributed by atoms with Crippen molar-refractivity contribution in [1.82, 2.24) is 0 Å². The van der Waals surface area contributed by atoms with Crippen molar-refractivity contribution in [1.29, 1.82) is 0 Å². The number of aliphatic hydroxyl groups excluding tert-OH is 2. The molecule has 0 aliphatic rings. The van der Waals surface area contributed by atoms with Crippen molar-refractivity contribution in [3.63, 3.8) is 0 Å². The normalized spacial score (nSPS) is 20.5. The molecular formula is C5H13O7P. The molecule has 0 bridgehead atoms. The summed E-state index contributed by atoms with van der Waals surface area (Å²) in [5.74, 6) is 0. The van der Waals surface area contributed by atoms with Gasteiger partial charge in [0.05, 0.1) is 13.2 Å². The zero-order valence-corrected chi connectivity index (χ0v) is 7.59. The van der Waals surface area contributed by atoms with Gasteiger partial charge in [-0.2, -0.15) is 0 Å². The lowest BCUT2D eigenvalue weighted by atomic mass is 10.0. The van der Waals surface area contributed by atoms with Gasteiger partial charge in [0.15, 0.2) is 0 Å². The quantitative estimate of drug-likeness (QED) is 0.344. The van der Waals surface area contributed by atoms with E-state index in [-0.39, 0.29) is 0 Å². The molecular weight excluding hydrogens is 203 g/mol. The van der Waals surface area contributed by atoms with E-state index in [1.165, 1.54) is 0 Å². The van der Waals surface area contributed by atoms with E-state index in [4.69, 9.17) is 21.4 Å². The molecule has 0 amide bonds. The molecule has 13 heavy (non-hydrogen) atoms. The number of rotatable bonds is 5. The number of phosphoric acid groups is 1. The highest BCUT2D eigenvalue weighted by Gasteiger charge is 2.32. The van der Waals surface area contributed by atoms with Gasteiger partial charge in [-0.15, -0.1) is 0 Å². The number of phosphoric ester groups is 1. The van der Waals surface area contributed by atoms with Crippen LogP contribution in [0.3, 0.4) is 0 Å². The van der Waals surface area contributed by atoms with Gasteiger partial charge in [0.25, 0.3) is 0 Å². The van der Waals surface area contributed by atoms with Crippen molar-refractivity contribution in [3.8, 4) is 0 Å². The second-order valence-electron chi connectivity index (χ2n) is 2.57. The fourth-order valence-electron chi connectivity index (χ4n) is 0.462. The lowest BCUT2D eigenvalue weighted by Crippen LogP contribution is -2.45. The molecule has 0 spiro atoms. The van der Waals surface area contributed by atoms with Crippen LogP contribution in [-0.2, 0) is 9.09 Å². The van der Waals surface area contributed by atoms with Crippen LogP contribution in [0.1, 0.15) is 8.27 Å². The fraction of sp³-hybridized carbons (Fsp3) is 1.00. The first kappa shape index (κ1) is 11.1. The monoisotopic (exact) mass is 217 g/mol. The molecule has 0 rings (SSSR count). The zero-order chi connectivity index (χ0) is 11.4. The van der Waals surface area contributed by atoms with Gasteiger partial charge in [-0.3, -0.25) is 4.52 Å². The molecule has 80 valence electrons. The summed E-state index contributed by atoms with van der Waals surface area (Å²) in [5.41, 5.74) is -2.18. The Kier molecular flexibility index (Phi) is 3.81. The predicted molar refractivity (Wildman–Crippen MR) is 41.7 cm³/mol. The Morgan fingerprint density at radius 1 is 1.69 bits per heavy atom. The molecule has 0 aromatic carbocycles. The molecule has 8 heteroatoms. The summed E-state index contributed by atoms with van der Waals surface area (Å²) >= 11 is 0. The van der Waals surface area contributed by atoms with Crippen LogP contribution in [0.15, 0.2) is 0 Å². The molecule has 0 saturated heterocycles. The third-order valence-electron chi connectivity index (χ3n) is 1.28. The van der Waals surface area contributed by atoms with E-state index in [9.17, 15) is 9.67 Å². The van der Waals surface area contributed by atoms with Gasteiger partial charge < -0.3 is 25.1 Å². The molecule has 0 fully saturated rings. The van der Waals surface area contributed by atoms with Crippen LogP contribution >= 0.6 is 7.82 Å². The highest BCUT2D eigenvalue weighted by Crippen LogP contribution is 2.36. The average molecular weight is 217 g/mol. The van der Waals surface area contributed by atoms with Crippen LogP contribution in [0.4, 0.5) is 0 Å². The van der Waals surface area contributed by atoms with Crippen LogP contribution < -0.4 is 0 Å². The molecule has 0 heterocycles. The first-order valence-electron chi connectivity index (χ1n) is 3.96. The summed E-state index contributed by atoms with van der Waals surface area (Å²) in [5, 5.41) is 26.9. The van der Waals surface area contributed by atoms with Gasteiger partial charge in [-0.05, 0) is 6.90 Å². The minimum Gasteiger partial charge on any atom is -0.394 e. The van der Waals surface area contributed by atoms with E-state index in [0.717, 1.165) is 0 Å². The van der Waals surface area contributed by atoms with Gasteiger partial charge in [0, 0.05) is 1.37 Å². The van der Waals surface area contributed by atoms with Crippen molar-refractivity contribution in [3.05, 3.63) is 0 Å². The van der Waals surface area contributed by atoms with Crippen molar-refractivity contribution in [2.24, 2.45) is 0 Å². The maximum absolute atomic E-state index is 10.3. The number of hydrogen-bond donors (Lipinski definition) is 5. The Hall–Kier alpha value is -0.0100. The van der Waals surface area contributed by atoms with E-state index in [1.807, 2.05) is 0 Å². The average Bonchev–Trinajstić information content (AvgIpc) is 2.11. The molecule has 7 nitrogen and oxygen atoms in total. The number of hydrogen-bond acceptors (Lipinski definition) is 5. The molecule has 0 aromatic rings. The van der Waals surface area contributed by atoms with Crippen LogP contribution in [0.5, 0.6) is 0 Å². The molecule has 0 aromatic heterocycles. The van der Waals surface area contributed by atoms with Gasteiger partial charge in [-0.1, -0.05) is 0 Å². The summed E-state index contributed by atoms with van der Waals surface area (Å²) in [6.07, 6.45) is -1.69. The molecule has 5 N–H and O–H groups in total. The zero-order valence-electron chi connectivity index (χ0n) is 7.70. The standard InChI is InChI=1S/C5H13O7P/c1-5(8,4(7)2-6)3-12-13(9,10)11/h4,6-8H,2-3H2,1H3,(H2,9,10,11)/t4-,5+/m0/s1/i1D. The Bertz CT molecular complexity index is 218. The van der Waals surface area contributed by atoms with Crippen molar-refractivity contribution in [2.45, 2.75) is 18.6 Å². The summed E-state index contributed by atoms with van der Waals surface area (Å²) in [4.78, 5) is 16.6. The second-order valence-corrected chi connectivity index (χ2v) is 3.81. The van der Waals surface area contributed by atoms with Gasteiger partial charge in [0.2, 0.25) is 0 Å². The van der Waals surface area contributed by atoms with Gasteiger partial charge >= 0.3 is 7.82 Å². The molecule has 2 atom stereocenters. The molecule has 0 radical (unpaired) electrons. The molecule has 0 saturated carbocycles. The van der Waals surface area contributed by atoms with Crippen LogP contribution in [0.25, 0.3) is 0 Å². The highest BCUT2D eigenvalue weighted by molar-refractivity contribution is 7.46. The second kappa shape index (κ2) is 4.47. The smallest absolute Gasteiger partial charge is 0.394 e. The highest BCUT2D eigenvalue weighted by atomic mass is 31.2. The Balaban J connectivity index is 4.34. The fourth-order valence-corrected chi connectivity index (χ4v) is 0.854. The van der Waals surface area contributed by atoms with E-state index >= 15 is 0 Å². The van der Waals surface area contributed by atoms with Gasteiger partial charge in [-0.25, -0.2) is 4.57 Å². The Labute approximate surface area is 76.2 Å². The summed E-state index contributed by atoms with van der Waals surface area (Å²) in [6.45, 7) is -2.52. The predicted octanol–water partition coefficient (Wildman–Crippen LogP) is -1.80. The Morgan fingerprint density at radius 2 is 2.23 bits per heavy atom. The first-order valence-corrected chi connectivity index (χ1v) is 4.79. The summed E-state index contributed by atoms with van der Waals surface area (Å²) in [6, 6.07) is 0. The summed E-state index contributed by atoms with van der Waals surface area (Å²) < 4.78 is 21.0. The van der Waals surface area contributed by atoms with E-state index in [2.05, 4.69) is 4.52 Å². The third kappa shape index (κ3) is 5.33. The maximum atomic E-state index is 10.3. The lowest BCUT2D eigenvalue weighted by molar-refractivity contribution is -0.106. The van der Waals surface area contributed by atoms with E-state index in [0.29, 0.717) is 0 Å². The van der Waals surface area contributed by atoms with Crippen LogP contribution in [0, 0.1) is 0 Å². The maximum Gasteiger partial charge on any atom is 0.469 e. The molecule has 0 aliphatic carbocycles. The van der Waals surface area contributed by atoms with Crippen LogP contribution in [-0.4, -0.2) is 50.0 Å². The van der Waals surface area contributed by atoms with Gasteiger partial charge in [0.1, 0.15) is 11.7 Å². The number of aliphatic hydroxyl groups is 3. The SMILES string of the molecule is [2H]C[C@@](O)(COP(=O)(O)O)[C@@H](O)CO. The van der Waals surface area contributed by atoms with Crippen molar-refractivity contribution in [2.75, 3.05) is 13.2 Å². The minimum atomic E-state index is -4.76.